The Morgan fingerprint density at radius 3 is 2.40 bits per heavy atom. The van der Waals surface area contributed by atoms with Crippen LogP contribution >= 0.6 is 11.6 Å². The molecule has 0 saturated carbocycles. The molecule has 0 spiro atoms. The monoisotopic (exact) mass is 430 g/mol. The van der Waals surface area contributed by atoms with Crippen molar-refractivity contribution in [1.29, 1.82) is 0 Å². The normalized spacial score (nSPS) is 10.3. The lowest BCUT2D eigenvalue weighted by Crippen LogP contribution is -2.16. The van der Waals surface area contributed by atoms with Gasteiger partial charge in [-0.15, -0.1) is 0 Å². The SMILES string of the molecule is CCCC(=O)Nc1ccc(Cl)c(NC(=O)CCC(=O)OCCCc2ccccc2)c1. The van der Waals surface area contributed by atoms with Gasteiger partial charge in [0.15, 0.2) is 0 Å². The molecule has 0 saturated heterocycles. The van der Waals surface area contributed by atoms with Gasteiger partial charge in [-0.2, -0.15) is 0 Å². The highest BCUT2D eigenvalue weighted by Crippen LogP contribution is 2.26. The van der Waals surface area contributed by atoms with Crippen LogP contribution in [0.4, 0.5) is 11.4 Å². The van der Waals surface area contributed by atoms with E-state index in [4.69, 9.17) is 16.3 Å². The lowest BCUT2D eigenvalue weighted by molar-refractivity contribution is -0.144. The topological polar surface area (TPSA) is 84.5 Å². The minimum atomic E-state index is -0.412. The summed E-state index contributed by atoms with van der Waals surface area (Å²) in [6.07, 6.45) is 2.69. The molecular formula is C23H27ClN2O4. The number of rotatable bonds is 11. The van der Waals surface area contributed by atoms with Crippen molar-refractivity contribution in [3.63, 3.8) is 0 Å². The predicted octanol–water partition coefficient (Wildman–Crippen LogP) is 4.97. The van der Waals surface area contributed by atoms with E-state index < -0.39 is 5.97 Å². The van der Waals surface area contributed by atoms with Crippen LogP contribution in [0.2, 0.25) is 5.02 Å². The van der Waals surface area contributed by atoms with Gasteiger partial charge in [-0.3, -0.25) is 14.4 Å². The number of nitrogens with one attached hydrogen (secondary N) is 2. The van der Waals surface area contributed by atoms with Gasteiger partial charge in [0.1, 0.15) is 0 Å². The van der Waals surface area contributed by atoms with E-state index in [1.54, 1.807) is 18.2 Å². The number of carbonyl (C=O) groups is 3. The number of amides is 2. The van der Waals surface area contributed by atoms with E-state index >= 15 is 0 Å². The highest BCUT2D eigenvalue weighted by atomic mass is 35.5. The molecule has 0 aliphatic heterocycles. The molecule has 7 heteroatoms. The third-order valence-corrected chi connectivity index (χ3v) is 4.60. The Morgan fingerprint density at radius 2 is 1.67 bits per heavy atom. The summed E-state index contributed by atoms with van der Waals surface area (Å²) in [7, 11) is 0. The number of benzene rings is 2. The largest absolute Gasteiger partial charge is 0.466 e. The molecule has 0 radical (unpaired) electrons. The molecule has 2 N–H and O–H groups in total. The van der Waals surface area contributed by atoms with Crippen LogP contribution in [0.15, 0.2) is 48.5 Å². The smallest absolute Gasteiger partial charge is 0.306 e. The van der Waals surface area contributed by atoms with E-state index in [9.17, 15) is 14.4 Å². The molecule has 0 bridgehead atoms. The summed E-state index contributed by atoms with van der Waals surface area (Å²) < 4.78 is 5.18. The molecule has 2 amide bonds. The maximum Gasteiger partial charge on any atom is 0.306 e. The van der Waals surface area contributed by atoms with Crippen molar-refractivity contribution in [3.8, 4) is 0 Å². The molecule has 2 rings (SSSR count). The molecular weight excluding hydrogens is 404 g/mol. The molecule has 0 atom stereocenters. The highest BCUT2D eigenvalue weighted by Gasteiger charge is 2.11. The Bertz CT molecular complexity index is 856. The van der Waals surface area contributed by atoms with Gasteiger partial charge in [-0.25, -0.2) is 0 Å². The number of hydrogen-bond donors (Lipinski definition) is 2. The number of carbonyl (C=O) groups excluding carboxylic acids is 3. The second-order valence-electron chi connectivity index (χ2n) is 6.85. The first kappa shape index (κ1) is 23.4. The average molecular weight is 431 g/mol. The van der Waals surface area contributed by atoms with Crippen molar-refractivity contribution in [2.24, 2.45) is 0 Å². The Kier molecular flexibility index (Phi) is 9.87. The second kappa shape index (κ2) is 12.6. The molecule has 0 aliphatic rings. The minimum Gasteiger partial charge on any atom is -0.466 e. The van der Waals surface area contributed by atoms with Crippen molar-refractivity contribution in [3.05, 3.63) is 59.1 Å². The van der Waals surface area contributed by atoms with E-state index in [1.807, 2.05) is 37.3 Å². The molecule has 0 unspecified atom stereocenters. The van der Waals surface area contributed by atoms with Gasteiger partial charge in [0, 0.05) is 18.5 Å². The van der Waals surface area contributed by atoms with Crippen molar-refractivity contribution in [1.82, 2.24) is 0 Å². The Morgan fingerprint density at radius 1 is 0.933 bits per heavy atom. The zero-order chi connectivity index (χ0) is 21.8. The van der Waals surface area contributed by atoms with Crippen LogP contribution in [-0.4, -0.2) is 24.4 Å². The first-order valence-electron chi connectivity index (χ1n) is 10.1. The lowest BCUT2D eigenvalue weighted by atomic mass is 10.1. The molecule has 0 heterocycles. The van der Waals surface area contributed by atoms with Crippen LogP contribution in [0.25, 0.3) is 0 Å². The number of anilines is 2. The van der Waals surface area contributed by atoms with Crippen molar-refractivity contribution >= 4 is 40.8 Å². The maximum atomic E-state index is 12.2. The summed E-state index contributed by atoms with van der Waals surface area (Å²) in [5, 5.41) is 5.77. The Balaban J connectivity index is 1.71. The molecule has 0 aliphatic carbocycles. The number of halogens is 1. The second-order valence-corrected chi connectivity index (χ2v) is 7.26. The van der Waals surface area contributed by atoms with Crippen molar-refractivity contribution in [2.45, 2.75) is 45.4 Å². The Labute approximate surface area is 182 Å². The van der Waals surface area contributed by atoms with Gasteiger partial charge in [0.25, 0.3) is 0 Å². The molecule has 30 heavy (non-hydrogen) atoms. The van der Waals surface area contributed by atoms with E-state index in [0.717, 1.165) is 19.3 Å². The zero-order valence-electron chi connectivity index (χ0n) is 17.1. The highest BCUT2D eigenvalue weighted by molar-refractivity contribution is 6.33. The lowest BCUT2D eigenvalue weighted by Gasteiger charge is -2.10. The summed E-state index contributed by atoms with van der Waals surface area (Å²) in [6, 6.07) is 14.8. The third kappa shape index (κ3) is 8.66. The summed E-state index contributed by atoms with van der Waals surface area (Å²) in [5.74, 6) is -0.868. The molecule has 2 aromatic rings. The third-order valence-electron chi connectivity index (χ3n) is 4.27. The zero-order valence-corrected chi connectivity index (χ0v) is 17.8. The summed E-state index contributed by atoms with van der Waals surface area (Å²) in [5.41, 5.74) is 2.12. The standard InChI is InChI=1S/C23H27ClN2O4/c1-2-7-21(27)25-18-11-12-19(24)20(16-18)26-22(28)13-14-23(29)30-15-6-10-17-8-4-3-5-9-17/h3-5,8-9,11-12,16H,2,6-7,10,13-15H2,1H3,(H,25,27)(H,26,28). The van der Waals surface area contributed by atoms with Crippen LogP contribution in [0.3, 0.4) is 0 Å². The molecule has 6 nitrogen and oxygen atoms in total. The van der Waals surface area contributed by atoms with Gasteiger partial charge in [-0.05, 0) is 43.0 Å². The van der Waals surface area contributed by atoms with Crippen LogP contribution in [0.5, 0.6) is 0 Å². The summed E-state index contributed by atoms with van der Waals surface area (Å²) in [6.45, 7) is 2.24. The maximum absolute atomic E-state index is 12.2. The predicted molar refractivity (Wildman–Crippen MR) is 119 cm³/mol. The number of hydrogen-bond acceptors (Lipinski definition) is 4. The van der Waals surface area contributed by atoms with Gasteiger partial charge in [0.2, 0.25) is 11.8 Å². The molecule has 160 valence electrons. The summed E-state index contributed by atoms with van der Waals surface area (Å²) >= 11 is 6.12. The van der Waals surface area contributed by atoms with Crippen LogP contribution in [0, 0.1) is 0 Å². The van der Waals surface area contributed by atoms with Gasteiger partial charge in [0.05, 0.1) is 23.7 Å². The van der Waals surface area contributed by atoms with Crippen molar-refractivity contribution < 1.29 is 19.1 Å². The number of ether oxygens (including phenoxy) is 1. The van der Waals surface area contributed by atoms with Gasteiger partial charge < -0.3 is 15.4 Å². The molecule has 2 aromatic carbocycles. The van der Waals surface area contributed by atoms with E-state index in [0.29, 0.717) is 29.4 Å². The number of esters is 1. The van der Waals surface area contributed by atoms with Crippen LogP contribution < -0.4 is 10.6 Å². The fourth-order valence-electron chi connectivity index (χ4n) is 2.76. The fraction of sp³-hybridized carbons (Fsp3) is 0.348. The van der Waals surface area contributed by atoms with Gasteiger partial charge >= 0.3 is 5.97 Å². The van der Waals surface area contributed by atoms with Crippen molar-refractivity contribution in [2.75, 3.05) is 17.2 Å². The summed E-state index contributed by atoms with van der Waals surface area (Å²) in [4.78, 5) is 35.7. The van der Waals surface area contributed by atoms with E-state index in [1.165, 1.54) is 5.56 Å². The quantitative estimate of drug-likeness (QED) is 0.389. The first-order valence-corrected chi connectivity index (χ1v) is 10.4. The number of aryl methyl sites for hydroxylation is 1. The average Bonchev–Trinajstić information content (AvgIpc) is 2.73. The Hall–Kier alpha value is -2.86. The first-order chi connectivity index (χ1) is 14.5. The van der Waals surface area contributed by atoms with Gasteiger partial charge in [-0.1, -0.05) is 48.9 Å². The fourth-order valence-corrected chi connectivity index (χ4v) is 2.92. The molecule has 0 fully saturated rings. The van der Waals surface area contributed by atoms with E-state index in [2.05, 4.69) is 10.6 Å². The molecule has 0 aromatic heterocycles. The van der Waals surface area contributed by atoms with Crippen LogP contribution in [0.1, 0.15) is 44.6 Å². The van der Waals surface area contributed by atoms with E-state index in [-0.39, 0.29) is 24.7 Å². The van der Waals surface area contributed by atoms with Crippen LogP contribution in [-0.2, 0) is 25.5 Å². The minimum absolute atomic E-state index is 0.0122.